The number of benzene rings is 2. The van der Waals surface area contributed by atoms with Crippen molar-refractivity contribution in [3.05, 3.63) is 64.1 Å². The van der Waals surface area contributed by atoms with E-state index in [0.717, 1.165) is 29.7 Å². The molecule has 2 aromatic carbocycles. The lowest BCUT2D eigenvalue weighted by Gasteiger charge is -2.17. The molecule has 0 saturated carbocycles. The standard InChI is InChI=1S/C18H22BrNO/c1-2-9-21-18-8-4-6-15(12-18)16(13-20)10-14-5-3-7-17(19)11-14/h3-8,11-12,16H,2,9-10,13,20H2,1H3. The molecule has 21 heavy (non-hydrogen) atoms. The summed E-state index contributed by atoms with van der Waals surface area (Å²) in [6, 6.07) is 16.7. The van der Waals surface area contributed by atoms with Crippen LogP contribution in [0.1, 0.15) is 30.4 Å². The van der Waals surface area contributed by atoms with Crippen molar-refractivity contribution in [3.63, 3.8) is 0 Å². The van der Waals surface area contributed by atoms with E-state index in [-0.39, 0.29) is 0 Å². The van der Waals surface area contributed by atoms with E-state index in [1.54, 1.807) is 0 Å². The fourth-order valence-electron chi connectivity index (χ4n) is 2.36. The van der Waals surface area contributed by atoms with E-state index in [1.165, 1.54) is 11.1 Å². The Kier molecular flexibility index (Phi) is 6.27. The molecule has 0 aliphatic heterocycles. The number of hydrogen-bond acceptors (Lipinski definition) is 2. The van der Waals surface area contributed by atoms with Gasteiger partial charge in [-0.1, -0.05) is 47.1 Å². The van der Waals surface area contributed by atoms with E-state index >= 15 is 0 Å². The predicted octanol–water partition coefficient (Wildman–Crippen LogP) is 4.52. The fourth-order valence-corrected chi connectivity index (χ4v) is 2.81. The maximum atomic E-state index is 5.99. The van der Waals surface area contributed by atoms with Crippen molar-refractivity contribution >= 4 is 15.9 Å². The lowest BCUT2D eigenvalue weighted by Crippen LogP contribution is -2.15. The molecule has 0 heterocycles. The van der Waals surface area contributed by atoms with Crippen LogP contribution in [0.4, 0.5) is 0 Å². The molecule has 0 spiro atoms. The van der Waals surface area contributed by atoms with Crippen LogP contribution in [0.15, 0.2) is 53.0 Å². The third-order valence-electron chi connectivity index (χ3n) is 3.46. The first kappa shape index (κ1) is 16.1. The van der Waals surface area contributed by atoms with Crippen molar-refractivity contribution in [1.82, 2.24) is 0 Å². The van der Waals surface area contributed by atoms with Crippen molar-refractivity contribution in [2.75, 3.05) is 13.2 Å². The molecule has 2 N–H and O–H groups in total. The molecule has 0 bridgehead atoms. The van der Waals surface area contributed by atoms with Crippen molar-refractivity contribution < 1.29 is 4.74 Å². The average molecular weight is 348 g/mol. The molecule has 2 rings (SSSR count). The lowest BCUT2D eigenvalue weighted by molar-refractivity contribution is 0.317. The molecule has 0 aromatic heterocycles. The van der Waals surface area contributed by atoms with Crippen LogP contribution >= 0.6 is 15.9 Å². The Bertz CT molecular complexity index is 571. The molecule has 2 aromatic rings. The van der Waals surface area contributed by atoms with E-state index < -0.39 is 0 Å². The molecule has 1 atom stereocenters. The number of ether oxygens (including phenoxy) is 1. The predicted molar refractivity (Wildman–Crippen MR) is 91.9 cm³/mol. The molecule has 0 aliphatic rings. The van der Waals surface area contributed by atoms with E-state index in [9.17, 15) is 0 Å². The summed E-state index contributed by atoms with van der Waals surface area (Å²) < 4.78 is 6.82. The van der Waals surface area contributed by atoms with Gasteiger partial charge in [-0.3, -0.25) is 0 Å². The second kappa shape index (κ2) is 8.20. The number of rotatable bonds is 7. The summed E-state index contributed by atoms with van der Waals surface area (Å²) in [5.41, 5.74) is 8.52. The molecule has 0 fully saturated rings. The Morgan fingerprint density at radius 3 is 2.67 bits per heavy atom. The third-order valence-corrected chi connectivity index (χ3v) is 3.95. The maximum absolute atomic E-state index is 5.99. The van der Waals surface area contributed by atoms with Crippen LogP contribution in [0.25, 0.3) is 0 Å². The molecule has 0 aliphatic carbocycles. The van der Waals surface area contributed by atoms with Gasteiger partial charge in [0.1, 0.15) is 5.75 Å². The van der Waals surface area contributed by atoms with Crippen LogP contribution in [0.5, 0.6) is 5.75 Å². The molecular formula is C18H22BrNO. The smallest absolute Gasteiger partial charge is 0.119 e. The zero-order valence-corrected chi connectivity index (χ0v) is 14.0. The van der Waals surface area contributed by atoms with Gasteiger partial charge in [0, 0.05) is 10.4 Å². The highest BCUT2D eigenvalue weighted by atomic mass is 79.9. The Morgan fingerprint density at radius 1 is 1.14 bits per heavy atom. The van der Waals surface area contributed by atoms with Crippen LogP contribution < -0.4 is 10.5 Å². The minimum Gasteiger partial charge on any atom is -0.494 e. The molecule has 2 nitrogen and oxygen atoms in total. The van der Waals surface area contributed by atoms with Crippen LogP contribution in [0.3, 0.4) is 0 Å². The summed E-state index contributed by atoms with van der Waals surface area (Å²) in [5, 5.41) is 0. The van der Waals surface area contributed by atoms with Crippen molar-refractivity contribution in [2.24, 2.45) is 5.73 Å². The van der Waals surface area contributed by atoms with E-state index in [0.29, 0.717) is 12.5 Å². The van der Waals surface area contributed by atoms with Gasteiger partial charge in [-0.15, -0.1) is 0 Å². The quantitative estimate of drug-likeness (QED) is 0.798. The molecule has 0 saturated heterocycles. The second-order valence-corrected chi connectivity index (χ2v) is 6.10. The Balaban J connectivity index is 2.13. The van der Waals surface area contributed by atoms with Gasteiger partial charge in [0.2, 0.25) is 0 Å². The van der Waals surface area contributed by atoms with Crippen molar-refractivity contribution in [1.29, 1.82) is 0 Å². The molecule has 0 radical (unpaired) electrons. The first-order valence-electron chi connectivity index (χ1n) is 7.40. The van der Waals surface area contributed by atoms with Gasteiger partial charge in [0.25, 0.3) is 0 Å². The minimum atomic E-state index is 0.310. The van der Waals surface area contributed by atoms with Crippen LogP contribution in [0.2, 0.25) is 0 Å². The molecule has 1 unspecified atom stereocenters. The summed E-state index contributed by atoms with van der Waals surface area (Å²) in [7, 11) is 0. The number of nitrogens with two attached hydrogens (primary N) is 1. The molecule has 112 valence electrons. The maximum Gasteiger partial charge on any atom is 0.119 e. The molecular weight excluding hydrogens is 326 g/mol. The summed E-state index contributed by atoms with van der Waals surface area (Å²) in [6.45, 7) is 3.49. The largest absolute Gasteiger partial charge is 0.494 e. The van der Waals surface area contributed by atoms with Gasteiger partial charge in [0.15, 0.2) is 0 Å². The fraction of sp³-hybridized carbons (Fsp3) is 0.333. The van der Waals surface area contributed by atoms with Crippen LogP contribution in [0, 0.1) is 0 Å². The van der Waals surface area contributed by atoms with Crippen LogP contribution in [-0.2, 0) is 6.42 Å². The highest BCUT2D eigenvalue weighted by Crippen LogP contribution is 2.25. The van der Waals surface area contributed by atoms with E-state index in [2.05, 4.69) is 53.2 Å². The van der Waals surface area contributed by atoms with Gasteiger partial charge in [-0.25, -0.2) is 0 Å². The highest BCUT2D eigenvalue weighted by molar-refractivity contribution is 9.10. The topological polar surface area (TPSA) is 35.2 Å². The normalized spacial score (nSPS) is 12.1. The van der Waals surface area contributed by atoms with Gasteiger partial charge < -0.3 is 10.5 Å². The van der Waals surface area contributed by atoms with E-state index in [4.69, 9.17) is 10.5 Å². The summed E-state index contributed by atoms with van der Waals surface area (Å²) in [4.78, 5) is 0. The average Bonchev–Trinajstić information content (AvgIpc) is 2.51. The summed E-state index contributed by atoms with van der Waals surface area (Å²) in [5.74, 6) is 1.24. The SMILES string of the molecule is CCCOc1cccc(C(CN)Cc2cccc(Br)c2)c1. The van der Waals surface area contributed by atoms with Crippen molar-refractivity contribution in [2.45, 2.75) is 25.7 Å². The zero-order chi connectivity index (χ0) is 15.1. The Labute approximate surface area is 135 Å². The second-order valence-electron chi connectivity index (χ2n) is 5.19. The van der Waals surface area contributed by atoms with Gasteiger partial charge in [-0.05, 0) is 54.8 Å². The Morgan fingerprint density at radius 2 is 1.95 bits per heavy atom. The summed E-state index contributed by atoms with van der Waals surface area (Å²) in [6.07, 6.45) is 1.95. The highest BCUT2D eigenvalue weighted by Gasteiger charge is 2.12. The van der Waals surface area contributed by atoms with Gasteiger partial charge in [-0.2, -0.15) is 0 Å². The monoisotopic (exact) mass is 347 g/mol. The third kappa shape index (κ3) is 4.87. The number of hydrogen-bond donors (Lipinski definition) is 1. The zero-order valence-electron chi connectivity index (χ0n) is 12.4. The first-order valence-corrected chi connectivity index (χ1v) is 8.19. The van der Waals surface area contributed by atoms with Gasteiger partial charge >= 0.3 is 0 Å². The van der Waals surface area contributed by atoms with Gasteiger partial charge in [0.05, 0.1) is 6.61 Å². The lowest BCUT2D eigenvalue weighted by atomic mass is 9.92. The van der Waals surface area contributed by atoms with Crippen LogP contribution in [-0.4, -0.2) is 13.2 Å². The Hall–Kier alpha value is -1.32. The summed E-state index contributed by atoms with van der Waals surface area (Å²) >= 11 is 3.52. The van der Waals surface area contributed by atoms with E-state index in [1.807, 2.05) is 18.2 Å². The first-order chi connectivity index (χ1) is 10.2. The van der Waals surface area contributed by atoms with Crippen molar-refractivity contribution in [3.8, 4) is 5.75 Å². The number of halogens is 1. The minimum absolute atomic E-state index is 0.310. The molecule has 3 heteroatoms. The molecule has 0 amide bonds.